The predicted molar refractivity (Wildman–Crippen MR) is 112 cm³/mol. The molecule has 0 saturated carbocycles. The highest BCUT2D eigenvalue weighted by Crippen LogP contribution is 2.20. The number of carbonyl (C=O) groups excluding carboxylic acids is 2. The molecule has 3 rings (SSSR count). The molecule has 27 heavy (non-hydrogen) atoms. The normalized spacial score (nSPS) is 21.9. The van der Waals surface area contributed by atoms with Crippen molar-refractivity contribution in [1.82, 2.24) is 15.5 Å². The van der Waals surface area contributed by atoms with Crippen LogP contribution in [0.1, 0.15) is 6.42 Å². The van der Waals surface area contributed by atoms with Crippen LogP contribution < -0.4 is 21.3 Å². The number of anilines is 1. The largest absolute Gasteiger partial charge is 0.368 e. The van der Waals surface area contributed by atoms with Gasteiger partial charge in [0.05, 0.1) is 12.6 Å². The average molecular weight is 439 g/mol. The fourth-order valence-corrected chi connectivity index (χ4v) is 3.50. The lowest BCUT2D eigenvalue weighted by atomic mass is 10.1. The highest BCUT2D eigenvalue weighted by Gasteiger charge is 2.34. The topological polar surface area (TPSA) is 90.7 Å². The van der Waals surface area contributed by atoms with Crippen LogP contribution in [0.3, 0.4) is 0 Å². The van der Waals surface area contributed by atoms with Gasteiger partial charge in [0.25, 0.3) is 0 Å². The first kappa shape index (κ1) is 23.8. The summed E-state index contributed by atoms with van der Waals surface area (Å²) in [6.45, 7) is 3.56. The molecule has 2 aliphatic rings. The highest BCUT2D eigenvalue weighted by molar-refractivity contribution is 6.30. The third-order valence-corrected chi connectivity index (χ3v) is 5.01. The number of nitrogens with zero attached hydrogens (tertiary/aromatic N) is 2. The van der Waals surface area contributed by atoms with Gasteiger partial charge in [-0.05, 0) is 30.7 Å². The summed E-state index contributed by atoms with van der Waals surface area (Å²) in [5, 5.41) is 6.76. The summed E-state index contributed by atoms with van der Waals surface area (Å²) in [7, 11) is 0. The van der Waals surface area contributed by atoms with Crippen molar-refractivity contribution in [3.8, 4) is 0 Å². The minimum Gasteiger partial charge on any atom is -0.368 e. The molecule has 0 spiro atoms. The third kappa shape index (κ3) is 6.12. The Hall–Kier alpha value is -1.25. The van der Waals surface area contributed by atoms with Gasteiger partial charge < -0.3 is 26.2 Å². The van der Waals surface area contributed by atoms with Crippen LogP contribution in [-0.2, 0) is 9.59 Å². The fourth-order valence-electron chi connectivity index (χ4n) is 3.38. The van der Waals surface area contributed by atoms with Crippen molar-refractivity contribution in [3.63, 3.8) is 0 Å². The second-order valence-corrected chi connectivity index (χ2v) is 6.89. The standard InChI is InChI=1S/C17H24ClN5O2.2ClH/c18-12-1-3-14(4-2-12)22-5-7-23(8-6-22)17(25)15-9-13(11-20-15)21-16(24)10-19;;/h1-4,13,15,20H,5-11,19H2,(H,21,24);2*1H/t13?,15-;;/m0../s1. The number of amides is 2. The van der Waals surface area contributed by atoms with Crippen molar-refractivity contribution < 1.29 is 9.59 Å². The first-order valence-corrected chi connectivity index (χ1v) is 8.96. The number of halogens is 3. The summed E-state index contributed by atoms with van der Waals surface area (Å²) < 4.78 is 0. The van der Waals surface area contributed by atoms with E-state index in [0.717, 1.165) is 23.8 Å². The van der Waals surface area contributed by atoms with Crippen LogP contribution in [0.25, 0.3) is 0 Å². The number of rotatable bonds is 4. The Balaban J connectivity index is 0.00000182. The predicted octanol–water partition coefficient (Wildman–Crippen LogP) is 0.638. The van der Waals surface area contributed by atoms with E-state index < -0.39 is 0 Å². The summed E-state index contributed by atoms with van der Waals surface area (Å²) in [4.78, 5) is 28.2. The summed E-state index contributed by atoms with van der Waals surface area (Å²) in [5.74, 6) is -0.0725. The summed E-state index contributed by atoms with van der Waals surface area (Å²) in [6.07, 6.45) is 0.613. The number of nitrogens with one attached hydrogen (secondary N) is 2. The molecule has 7 nitrogen and oxygen atoms in total. The van der Waals surface area contributed by atoms with Crippen molar-refractivity contribution in [1.29, 1.82) is 0 Å². The zero-order chi connectivity index (χ0) is 17.8. The molecule has 2 aliphatic heterocycles. The lowest BCUT2D eigenvalue weighted by molar-refractivity contribution is -0.133. The second-order valence-electron chi connectivity index (χ2n) is 6.45. The maximum absolute atomic E-state index is 12.7. The van der Waals surface area contributed by atoms with E-state index in [1.165, 1.54) is 0 Å². The van der Waals surface area contributed by atoms with Gasteiger partial charge in [0.1, 0.15) is 0 Å². The molecule has 1 unspecified atom stereocenters. The van der Waals surface area contributed by atoms with Crippen LogP contribution in [0.15, 0.2) is 24.3 Å². The highest BCUT2D eigenvalue weighted by atomic mass is 35.5. The summed E-state index contributed by atoms with van der Waals surface area (Å²) >= 11 is 5.93. The Morgan fingerprint density at radius 2 is 1.78 bits per heavy atom. The molecule has 0 aromatic heterocycles. The van der Waals surface area contributed by atoms with Gasteiger partial charge in [0, 0.05) is 49.5 Å². The van der Waals surface area contributed by atoms with Gasteiger partial charge in [-0.15, -0.1) is 24.8 Å². The molecular formula is C17H26Cl3N5O2. The molecule has 1 aromatic carbocycles. The van der Waals surface area contributed by atoms with Gasteiger partial charge in [-0.1, -0.05) is 11.6 Å². The van der Waals surface area contributed by atoms with Crippen molar-refractivity contribution in [2.24, 2.45) is 5.73 Å². The molecule has 2 atom stereocenters. The second kappa shape index (κ2) is 10.9. The fraction of sp³-hybridized carbons (Fsp3) is 0.529. The first-order chi connectivity index (χ1) is 12.1. The van der Waals surface area contributed by atoms with E-state index in [2.05, 4.69) is 15.5 Å². The zero-order valence-corrected chi connectivity index (χ0v) is 17.3. The number of benzene rings is 1. The van der Waals surface area contributed by atoms with E-state index in [4.69, 9.17) is 17.3 Å². The van der Waals surface area contributed by atoms with Crippen LogP contribution in [0.2, 0.25) is 5.02 Å². The van der Waals surface area contributed by atoms with Crippen LogP contribution in [0, 0.1) is 0 Å². The van der Waals surface area contributed by atoms with E-state index in [1.54, 1.807) is 0 Å². The Labute approximate surface area is 176 Å². The molecule has 10 heteroatoms. The molecule has 2 heterocycles. The number of carbonyl (C=O) groups is 2. The zero-order valence-electron chi connectivity index (χ0n) is 14.9. The number of hydrogen-bond donors (Lipinski definition) is 3. The van der Waals surface area contributed by atoms with Crippen LogP contribution in [0.4, 0.5) is 5.69 Å². The Morgan fingerprint density at radius 3 is 2.37 bits per heavy atom. The van der Waals surface area contributed by atoms with Crippen molar-refractivity contribution >= 4 is 53.9 Å². The summed E-state index contributed by atoms with van der Waals surface area (Å²) in [6, 6.07) is 7.51. The smallest absolute Gasteiger partial charge is 0.239 e. The minimum absolute atomic E-state index is 0. The summed E-state index contributed by atoms with van der Waals surface area (Å²) in [5.41, 5.74) is 6.44. The third-order valence-electron chi connectivity index (χ3n) is 4.76. The van der Waals surface area contributed by atoms with Gasteiger partial charge in [0.15, 0.2) is 0 Å². The van der Waals surface area contributed by atoms with E-state index in [-0.39, 0.29) is 55.3 Å². The maximum atomic E-state index is 12.7. The van der Waals surface area contributed by atoms with Gasteiger partial charge >= 0.3 is 0 Å². The first-order valence-electron chi connectivity index (χ1n) is 8.59. The Bertz CT molecular complexity index is 623. The van der Waals surface area contributed by atoms with Gasteiger partial charge in [0.2, 0.25) is 11.8 Å². The van der Waals surface area contributed by atoms with E-state index >= 15 is 0 Å². The van der Waals surface area contributed by atoms with Gasteiger partial charge in [-0.25, -0.2) is 0 Å². The molecule has 1 aromatic rings. The van der Waals surface area contributed by atoms with E-state index in [1.807, 2.05) is 29.2 Å². The molecule has 2 fully saturated rings. The van der Waals surface area contributed by atoms with E-state index in [9.17, 15) is 9.59 Å². The molecule has 2 saturated heterocycles. The molecular weight excluding hydrogens is 413 g/mol. The minimum atomic E-state index is -0.231. The maximum Gasteiger partial charge on any atom is 0.239 e. The van der Waals surface area contributed by atoms with Crippen molar-refractivity contribution in [3.05, 3.63) is 29.3 Å². The molecule has 2 amide bonds. The van der Waals surface area contributed by atoms with Gasteiger partial charge in [-0.2, -0.15) is 0 Å². The van der Waals surface area contributed by atoms with Crippen LogP contribution in [-0.4, -0.2) is 68.1 Å². The molecule has 0 aliphatic carbocycles. The van der Waals surface area contributed by atoms with E-state index in [0.29, 0.717) is 26.1 Å². The lowest BCUT2D eigenvalue weighted by Crippen LogP contribution is -2.53. The average Bonchev–Trinajstić information content (AvgIpc) is 3.10. The van der Waals surface area contributed by atoms with Crippen LogP contribution >= 0.6 is 36.4 Å². The lowest BCUT2D eigenvalue weighted by Gasteiger charge is -2.37. The van der Waals surface area contributed by atoms with Crippen molar-refractivity contribution in [2.45, 2.75) is 18.5 Å². The van der Waals surface area contributed by atoms with Crippen molar-refractivity contribution in [2.75, 3.05) is 44.2 Å². The number of nitrogens with two attached hydrogens (primary N) is 1. The van der Waals surface area contributed by atoms with Crippen LogP contribution in [0.5, 0.6) is 0 Å². The monoisotopic (exact) mass is 437 g/mol. The SMILES string of the molecule is Cl.Cl.NCC(=O)NC1CN[C@H](C(=O)N2CCN(c3ccc(Cl)cc3)CC2)C1. The number of piperazine rings is 1. The molecule has 0 radical (unpaired) electrons. The quantitative estimate of drug-likeness (QED) is 0.642. The molecule has 4 N–H and O–H groups in total. The Kier molecular flexibility index (Phi) is 9.62. The Morgan fingerprint density at radius 1 is 1.15 bits per heavy atom. The number of hydrogen-bond acceptors (Lipinski definition) is 5. The van der Waals surface area contributed by atoms with Gasteiger partial charge in [-0.3, -0.25) is 9.59 Å². The molecule has 0 bridgehead atoms. The molecule has 152 valence electrons.